The molecule has 1 atom stereocenters. The molecule has 1 aliphatic rings. The first-order valence-corrected chi connectivity index (χ1v) is 7.73. The van der Waals surface area contributed by atoms with Crippen molar-refractivity contribution in [2.75, 3.05) is 18.0 Å². The van der Waals surface area contributed by atoms with Gasteiger partial charge >= 0.3 is 0 Å². The number of hydrogen-bond donors (Lipinski definition) is 1. The van der Waals surface area contributed by atoms with Crippen LogP contribution in [-0.2, 0) is 0 Å². The van der Waals surface area contributed by atoms with Gasteiger partial charge in [0.15, 0.2) is 0 Å². The van der Waals surface area contributed by atoms with Crippen molar-refractivity contribution >= 4 is 28.9 Å². The lowest BCUT2D eigenvalue weighted by Crippen LogP contribution is -2.63. The Kier molecular flexibility index (Phi) is 4.65. The number of piperazine rings is 1. The highest BCUT2D eigenvalue weighted by molar-refractivity contribution is 6.35. The van der Waals surface area contributed by atoms with Gasteiger partial charge in [-0.15, -0.1) is 0 Å². The van der Waals surface area contributed by atoms with E-state index in [0.717, 1.165) is 31.6 Å². The summed E-state index contributed by atoms with van der Waals surface area (Å²) >= 11 is 12.3. The molecule has 0 aromatic heterocycles. The third kappa shape index (κ3) is 3.18. The highest BCUT2D eigenvalue weighted by Gasteiger charge is 2.35. The number of nitrogens with zero attached hydrogens (tertiary/aromatic N) is 1. The highest BCUT2D eigenvalue weighted by atomic mass is 35.5. The van der Waals surface area contributed by atoms with Gasteiger partial charge in [-0.1, -0.05) is 37.0 Å². The van der Waals surface area contributed by atoms with E-state index in [1.807, 2.05) is 12.1 Å². The quantitative estimate of drug-likeness (QED) is 0.893. The van der Waals surface area contributed by atoms with Crippen LogP contribution in [0.1, 0.15) is 33.6 Å². The summed E-state index contributed by atoms with van der Waals surface area (Å²) < 4.78 is 0. The average Bonchev–Trinajstić information content (AvgIpc) is 2.39. The van der Waals surface area contributed by atoms with Crippen LogP contribution in [0.25, 0.3) is 0 Å². The van der Waals surface area contributed by atoms with Crippen LogP contribution in [0.2, 0.25) is 10.0 Å². The molecule has 1 heterocycles. The molecule has 1 aliphatic heterocycles. The maximum absolute atomic E-state index is 6.13. The van der Waals surface area contributed by atoms with E-state index in [1.54, 1.807) is 6.07 Å². The van der Waals surface area contributed by atoms with Crippen molar-refractivity contribution in [3.63, 3.8) is 0 Å². The summed E-state index contributed by atoms with van der Waals surface area (Å²) in [7, 11) is 0. The van der Waals surface area contributed by atoms with E-state index in [2.05, 4.69) is 31.0 Å². The summed E-state index contributed by atoms with van der Waals surface area (Å²) in [5.74, 6) is 0. The molecule has 0 bridgehead atoms. The number of halogens is 2. The molecule has 0 aliphatic carbocycles. The molecule has 2 rings (SSSR count). The Balaban J connectivity index is 2.30. The summed E-state index contributed by atoms with van der Waals surface area (Å²) in [5, 5.41) is 5.10. The zero-order valence-corrected chi connectivity index (χ0v) is 13.4. The number of anilines is 1. The fraction of sp³-hybridized carbons (Fsp3) is 0.600. The molecule has 106 valence electrons. The SMILES string of the molecule is CCC1(CC)CN(c2cc(Cl)cc(Cl)c2)C(C)CN1. The van der Waals surface area contributed by atoms with Crippen LogP contribution in [0, 0.1) is 0 Å². The van der Waals surface area contributed by atoms with Crippen LogP contribution in [0.3, 0.4) is 0 Å². The lowest BCUT2D eigenvalue weighted by molar-refractivity contribution is 0.254. The fourth-order valence-corrected chi connectivity index (χ4v) is 3.30. The summed E-state index contributed by atoms with van der Waals surface area (Å²) in [6.45, 7) is 8.71. The molecule has 1 aromatic carbocycles. The van der Waals surface area contributed by atoms with E-state index in [9.17, 15) is 0 Å². The van der Waals surface area contributed by atoms with Gasteiger partial charge in [0.2, 0.25) is 0 Å². The molecular formula is C15H22Cl2N2. The van der Waals surface area contributed by atoms with Gasteiger partial charge in [-0.2, -0.15) is 0 Å². The van der Waals surface area contributed by atoms with Crippen molar-refractivity contribution in [1.82, 2.24) is 5.32 Å². The third-order valence-electron chi connectivity index (χ3n) is 4.31. The van der Waals surface area contributed by atoms with E-state index in [4.69, 9.17) is 23.2 Å². The van der Waals surface area contributed by atoms with Gasteiger partial charge < -0.3 is 10.2 Å². The lowest BCUT2D eigenvalue weighted by Gasteiger charge is -2.47. The first-order valence-electron chi connectivity index (χ1n) is 6.97. The molecule has 1 fully saturated rings. The minimum absolute atomic E-state index is 0.196. The van der Waals surface area contributed by atoms with E-state index >= 15 is 0 Å². The average molecular weight is 301 g/mol. The van der Waals surface area contributed by atoms with Crippen molar-refractivity contribution in [1.29, 1.82) is 0 Å². The van der Waals surface area contributed by atoms with Gasteiger partial charge in [-0.25, -0.2) is 0 Å². The lowest BCUT2D eigenvalue weighted by atomic mass is 9.88. The second-order valence-corrected chi connectivity index (χ2v) is 6.35. The molecule has 4 heteroatoms. The van der Waals surface area contributed by atoms with Gasteiger partial charge in [-0.3, -0.25) is 0 Å². The smallest absolute Gasteiger partial charge is 0.0441 e. The van der Waals surface area contributed by atoms with Crippen LogP contribution < -0.4 is 10.2 Å². The Bertz CT molecular complexity index is 424. The molecule has 1 N–H and O–H groups in total. The molecule has 1 aromatic rings. The van der Waals surface area contributed by atoms with Gasteiger partial charge in [0.05, 0.1) is 0 Å². The van der Waals surface area contributed by atoms with Crippen LogP contribution in [0.5, 0.6) is 0 Å². The van der Waals surface area contributed by atoms with Crippen LogP contribution in [0.15, 0.2) is 18.2 Å². The first kappa shape index (κ1) is 15.0. The molecule has 1 unspecified atom stereocenters. The Hall–Kier alpha value is -0.440. The maximum Gasteiger partial charge on any atom is 0.0441 e. The Labute approximate surface area is 126 Å². The zero-order chi connectivity index (χ0) is 14.0. The van der Waals surface area contributed by atoms with Crippen LogP contribution in [0.4, 0.5) is 5.69 Å². The van der Waals surface area contributed by atoms with E-state index in [0.29, 0.717) is 16.1 Å². The fourth-order valence-electron chi connectivity index (χ4n) is 2.79. The Morgan fingerprint density at radius 1 is 1.21 bits per heavy atom. The molecule has 19 heavy (non-hydrogen) atoms. The molecular weight excluding hydrogens is 279 g/mol. The Morgan fingerprint density at radius 2 is 1.79 bits per heavy atom. The summed E-state index contributed by atoms with van der Waals surface area (Å²) in [5.41, 5.74) is 1.32. The zero-order valence-electron chi connectivity index (χ0n) is 11.8. The largest absolute Gasteiger partial charge is 0.366 e. The number of nitrogens with one attached hydrogen (secondary N) is 1. The predicted molar refractivity (Wildman–Crippen MR) is 84.6 cm³/mol. The minimum Gasteiger partial charge on any atom is -0.366 e. The molecule has 0 amide bonds. The first-order chi connectivity index (χ1) is 8.99. The van der Waals surface area contributed by atoms with Crippen molar-refractivity contribution in [2.24, 2.45) is 0 Å². The normalized spacial score (nSPS) is 22.6. The highest BCUT2D eigenvalue weighted by Crippen LogP contribution is 2.31. The predicted octanol–water partition coefficient (Wildman–Crippen LogP) is 4.35. The molecule has 2 nitrogen and oxygen atoms in total. The van der Waals surface area contributed by atoms with Gasteiger partial charge in [-0.05, 0) is 38.0 Å². The van der Waals surface area contributed by atoms with Crippen LogP contribution in [-0.4, -0.2) is 24.7 Å². The van der Waals surface area contributed by atoms with E-state index in [-0.39, 0.29) is 5.54 Å². The van der Waals surface area contributed by atoms with Crippen molar-refractivity contribution in [3.05, 3.63) is 28.2 Å². The summed E-state index contributed by atoms with van der Waals surface area (Å²) in [6, 6.07) is 6.24. The monoisotopic (exact) mass is 300 g/mol. The number of benzene rings is 1. The van der Waals surface area contributed by atoms with Crippen molar-refractivity contribution in [3.8, 4) is 0 Å². The van der Waals surface area contributed by atoms with Gasteiger partial charge in [0.25, 0.3) is 0 Å². The van der Waals surface area contributed by atoms with E-state index in [1.165, 1.54) is 0 Å². The van der Waals surface area contributed by atoms with Gasteiger partial charge in [0.1, 0.15) is 0 Å². The van der Waals surface area contributed by atoms with Crippen molar-refractivity contribution in [2.45, 2.75) is 45.2 Å². The van der Waals surface area contributed by atoms with E-state index < -0.39 is 0 Å². The molecule has 0 spiro atoms. The van der Waals surface area contributed by atoms with Crippen molar-refractivity contribution < 1.29 is 0 Å². The maximum atomic E-state index is 6.13. The number of rotatable bonds is 3. The third-order valence-corrected chi connectivity index (χ3v) is 4.75. The standard InChI is InChI=1S/C15H22Cl2N2/c1-4-15(5-2)10-19(11(3)9-18-15)14-7-12(16)6-13(17)8-14/h6-8,11,18H,4-5,9-10H2,1-3H3. The summed E-state index contributed by atoms with van der Waals surface area (Å²) in [6.07, 6.45) is 2.25. The molecule has 0 radical (unpaired) electrons. The van der Waals surface area contributed by atoms with Gasteiger partial charge in [0, 0.05) is 40.4 Å². The Morgan fingerprint density at radius 3 is 2.32 bits per heavy atom. The topological polar surface area (TPSA) is 15.3 Å². The minimum atomic E-state index is 0.196. The van der Waals surface area contributed by atoms with Crippen LogP contribution >= 0.6 is 23.2 Å². The molecule has 0 saturated carbocycles. The number of hydrogen-bond acceptors (Lipinski definition) is 2. The molecule has 1 saturated heterocycles. The second kappa shape index (κ2) is 5.90. The second-order valence-electron chi connectivity index (χ2n) is 5.47. The summed E-state index contributed by atoms with van der Waals surface area (Å²) in [4.78, 5) is 2.42.